The fourth-order valence-corrected chi connectivity index (χ4v) is 2.13. The van der Waals surface area contributed by atoms with E-state index in [1.807, 2.05) is 0 Å². The minimum absolute atomic E-state index is 0.193. The standard InChI is InChI=1S/C18H18O6/c1-12-10-16(20)17(18(21)24-12)15(19)7-6-13-4-3-5-14(11-13)23-9-8-22-2/h3-7,10-11,17H,8-9H2,1-2H3/b7-6-/t17-/m1/s1. The Kier molecular flexibility index (Phi) is 6.03. The van der Waals surface area contributed by atoms with Gasteiger partial charge in [0.15, 0.2) is 17.5 Å². The van der Waals surface area contributed by atoms with Gasteiger partial charge in [-0.1, -0.05) is 18.2 Å². The van der Waals surface area contributed by atoms with Crippen molar-refractivity contribution in [3.05, 3.63) is 47.7 Å². The van der Waals surface area contributed by atoms with Crippen LogP contribution in [0.1, 0.15) is 12.5 Å². The average molecular weight is 330 g/mol. The smallest absolute Gasteiger partial charge is 0.329 e. The molecule has 0 radical (unpaired) electrons. The van der Waals surface area contributed by atoms with E-state index in [-0.39, 0.29) is 5.76 Å². The fraction of sp³-hybridized carbons (Fsp3) is 0.278. The highest BCUT2D eigenvalue weighted by molar-refractivity contribution is 6.25. The maximum Gasteiger partial charge on any atom is 0.329 e. The Morgan fingerprint density at radius 1 is 1.29 bits per heavy atom. The topological polar surface area (TPSA) is 78.9 Å². The van der Waals surface area contributed by atoms with Crippen molar-refractivity contribution in [2.45, 2.75) is 6.92 Å². The quantitative estimate of drug-likeness (QED) is 0.329. The molecule has 126 valence electrons. The molecule has 0 aromatic heterocycles. The van der Waals surface area contributed by atoms with Crippen LogP contribution in [0.3, 0.4) is 0 Å². The highest BCUT2D eigenvalue weighted by Gasteiger charge is 2.36. The molecule has 6 heteroatoms. The third kappa shape index (κ3) is 4.63. The number of cyclic esters (lactones) is 1. The van der Waals surface area contributed by atoms with E-state index in [0.717, 1.165) is 6.08 Å². The zero-order valence-electron chi connectivity index (χ0n) is 13.5. The van der Waals surface area contributed by atoms with Gasteiger partial charge in [0, 0.05) is 13.2 Å². The van der Waals surface area contributed by atoms with Crippen molar-refractivity contribution in [3.8, 4) is 5.75 Å². The minimum Gasteiger partial charge on any atom is -0.491 e. The van der Waals surface area contributed by atoms with Gasteiger partial charge in [0.05, 0.1) is 6.61 Å². The zero-order valence-corrected chi connectivity index (χ0v) is 13.5. The van der Waals surface area contributed by atoms with Crippen molar-refractivity contribution < 1.29 is 28.6 Å². The molecule has 0 saturated carbocycles. The first-order valence-electron chi connectivity index (χ1n) is 7.39. The Morgan fingerprint density at radius 3 is 2.79 bits per heavy atom. The summed E-state index contributed by atoms with van der Waals surface area (Å²) in [7, 11) is 1.59. The van der Waals surface area contributed by atoms with Gasteiger partial charge in [-0.2, -0.15) is 0 Å². The molecule has 0 unspecified atom stereocenters. The number of methoxy groups -OCH3 is 1. The molecule has 24 heavy (non-hydrogen) atoms. The van der Waals surface area contributed by atoms with Gasteiger partial charge in [-0.15, -0.1) is 0 Å². The Morgan fingerprint density at radius 2 is 2.08 bits per heavy atom. The minimum atomic E-state index is -1.42. The van der Waals surface area contributed by atoms with Gasteiger partial charge in [0.2, 0.25) is 0 Å². The first kappa shape index (κ1) is 17.6. The Labute approximate surface area is 139 Å². The number of ketones is 2. The Bertz CT molecular complexity index is 701. The molecule has 1 aromatic rings. The highest BCUT2D eigenvalue weighted by Crippen LogP contribution is 2.18. The summed E-state index contributed by atoms with van der Waals surface area (Å²) < 4.78 is 15.2. The lowest BCUT2D eigenvalue weighted by atomic mass is 9.96. The summed E-state index contributed by atoms with van der Waals surface area (Å²) in [5.74, 6) is -2.61. The number of carbonyl (C=O) groups excluding carboxylic acids is 3. The molecule has 6 nitrogen and oxygen atoms in total. The number of ether oxygens (including phenoxy) is 3. The summed E-state index contributed by atoms with van der Waals surface area (Å²) in [6.07, 6.45) is 3.88. The van der Waals surface area contributed by atoms with Crippen LogP contribution >= 0.6 is 0 Å². The van der Waals surface area contributed by atoms with Crippen LogP contribution < -0.4 is 4.74 Å². The lowest BCUT2D eigenvalue weighted by molar-refractivity contribution is -0.151. The van der Waals surface area contributed by atoms with Crippen LogP contribution in [-0.4, -0.2) is 37.9 Å². The first-order chi connectivity index (χ1) is 11.5. The van der Waals surface area contributed by atoms with Crippen molar-refractivity contribution in [2.24, 2.45) is 5.92 Å². The molecular weight excluding hydrogens is 312 g/mol. The molecule has 0 fully saturated rings. The summed E-state index contributed by atoms with van der Waals surface area (Å²) in [5, 5.41) is 0. The van der Waals surface area contributed by atoms with E-state index in [1.54, 1.807) is 31.4 Å². The van der Waals surface area contributed by atoms with E-state index in [4.69, 9.17) is 14.2 Å². The lowest BCUT2D eigenvalue weighted by Gasteiger charge is -2.15. The zero-order chi connectivity index (χ0) is 17.5. The number of hydrogen-bond acceptors (Lipinski definition) is 6. The van der Waals surface area contributed by atoms with Crippen molar-refractivity contribution in [1.29, 1.82) is 0 Å². The molecule has 1 aliphatic rings. The van der Waals surface area contributed by atoms with E-state index in [1.165, 1.54) is 19.1 Å². The molecule has 0 saturated heterocycles. The molecule has 2 rings (SSSR count). The summed E-state index contributed by atoms with van der Waals surface area (Å²) in [5.41, 5.74) is 0.710. The SMILES string of the molecule is COCCOc1cccc(/C=C\C(=O)[C@@H]2C(=O)C=C(C)OC2=O)c1. The maximum atomic E-state index is 12.1. The lowest BCUT2D eigenvalue weighted by Crippen LogP contribution is -2.34. The van der Waals surface area contributed by atoms with Crippen LogP contribution in [0.2, 0.25) is 0 Å². The molecular formula is C18H18O6. The van der Waals surface area contributed by atoms with Crippen LogP contribution in [0.15, 0.2) is 42.2 Å². The number of allylic oxidation sites excluding steroid dienone is 3. The summed E-state index contributed by atoms with van der Waals surface area (Å²) in [4.78, 5) is 35.6. The third-order valence-corrected chi connectivity index (χ3v) is 3.27. The summed E-state index contributed by atoms with van der Waals surface area (Å²) in [6, 6.07) is 7.07. The van der Waals surface area contributed by atoms with Crippen LogP contribution in [-0.2, 0) is 23.9 Å². The second-order valence-electron chi connectivity index (χ2n) is 5.16. The van der Waals surface area contributed by atoms with E-state index in [9.17, 15) is 14.4 Å². The molecule has 0 bridgehead atoms. The van der Waals surface area contributed by atoms with Crippen LogP contribution in [0.4, 0.5) is 0 Å². The van der Waals surface area contributed by atoms with Crippen LogP contribution in [0, 0.1) is 5.92 Å². The summed E-state index contributed by atoms with van der Waals surface area (Å²) >= 11 is 0. The van der Waals surface area contributed by atoms with Gasteiger partial charge >= 0.3 is 5.97 Å². The van der Waals surface area contributed by atoms with Gasteiger partial charge in [-0.05, 0) is 30.7 Å². The highest BCUT2D eigenvalue weighted by atomic mass is 16.5. The van der Waals surface area contributed by atoms with Crippen LogP contribution in [0.25, 0.3) is 6.08 Å². The molecule has 0 aliphatic carbocycles. The molecule has 0 N–H and O–H groups in total. The molecule has 1 aromatic carbocycles. The maximum absolute atomic E-state index is 12.1. The molecule has 1 aliphatic heterocycles. The Balaban J connectivity index is 2.05. The molecule has 1 heterocycles. The number of esters is 1. The number of carbonyl (C=O) groups is 3. The number of hydrogen-bond donors (Lipinski definition) is 0. The third-order valence-electron chi connectivity index (χ3n) is 3.27. The van der Waals surface area contributed by atoms with E-state index in [0.29, 0.717) is 24.5 Å². The molecule has 1 atom stereocenters. The van der Waals surface area contributed by atoms with Gasteiger partial charge < -0.3 is 14.2 Å². The van der Waals surface area contributed by atoms with Gasteiger partial charge in [-0.25, -0.2) is 0 Å². The van der Waals surface area contributed by atoms with Crippen LogP contribution in [0.5, 0.6) is 5.75 Å². The Hall–Kier alpha value is -2.73. The van der Waals surface area contributed by atoms with Crippen molar-refractivity contribution >= 4 is 23.6 Å². The number of benzene rings is 1. The van der Waals surface area contributed by atoms with Gasteiger partial charge in [0.1, 0.15) is 18.1 Å². The number of rotatable bonds is 7. The predicted molar refractivity (Wildman–Crippen MR) is 86.2 cm³/mol. The van der Waals surface area contributed by atoms with Crippen molar-refractivity contribution in [3.63, 3.8) is 0 Å². The fourth-order valence-electron chi connectivity index (χ4n) is 2.13. The monoisotopic (exact) mass is 330 g/mol. The van der Waals surface area contributed by atoms with Gasteiger partial charge in [-0.3, -0.25) is 14.4 Å². The first-order valence-corrected chi connectivity index (χ1v) is 7.39. The summed E-state index contributed by atoms with van der Waals surface area (Å²) in [6.45, 7) is 2.37. The second kappa shape index (κ2) is 8.21. The average Bonchev–Trinajstić information content (AvgIpc) is 2.52. The normalized spacial score (nSPS) is 17.6. The van der Waals surface area contributed by atoms with E-state index in [2.05, 4.69) is 0 Å². The van der Waals surface area contributed by atoms with Gasteiger partial charge in [0.25, 0.3) is 0 Å². The van der Waals surface area contributed by atoms with E-state index < -0.39 is 23.5 Å². The second-order valence-corrected chi connectivity index (χ2v) is 5.16. The molecule has 0 spiro atoms. The van der Waals surface area contributed by atoms with Crippen molar-refractivity contribution in [2.75, 3.05) is 20.3 Å². The molecule has 0 amide bonds. The predicted octanol–water partition coefficient (Wildman–Crippen LogP) is 1.94. The van der Waals surface area contributed by atoms with Crippen molar-refractivity contribution in [1.82, 2.24) is 0 Å². The van der Waals surface area contributed by atoms with E-state index >= 15 is 0 Å². The largest absolute Gasteiger partial charge is 0.491 e.